The topological polar surface area (TPSA) is 68.2 Å². The second-order valence-corrected chi connectivity index (χ2v) is 4.99. The van der Waals surface area contributed by atoms with E-state index in [1.807, 2.05) is 6.92 Å². The van der Waals surface area contributed by atoms with Crippen LogP contribution in [-0.2, 0) is 15.8 Å². The lowest BCUT2D eigenvalue weighted by Crippen LogP contribution is -2.24. The third-order valence-electron chi connectivity index (χ3n) is 2.18. The van der Waals surface area contributed by atoms with Crippen molar-refractivity contribution in [3.63, 3.8) is 0 Å². The van der Waals surface area contributed by atoms with Crippen LogP contribution in [0.1, 0.15) is 30.1 Å². The smallest absolute Gasteiger partial charge is 0.253 e. The number of unbranched alkanes of at least 4 members (excludes halogenated alkanes) is 1. The summed E-state index contributed by atoms with van der Waals surface area (Å²) >= 11 is 0. The molecule has 1 heterocycles. The minimum absolute atomic E-state index is 0.0110. The lowest BCUT2D eigenvalue weighted by atomic mass is 10.3. The Morgan fingerprint density at radius 3 is 3.00 bits per heavy atom. The van der Waals surface area contributed by atoms with Gasteiger partial charge in [-0.25, -0.2) is 4.21 Å². The maximum absolute atomic E-state index is 11.7. The van der Waals surface area contributed by atoms with Crippen LogP contribution in [0.4, 0.5) is 0 Å². The molecule has 0 aliphatic carbocycles. The molecule has 6 heteroatoms. The average Bonchev–Trinajstić information content (AvgIpc) is 2.82. The number of nitrogens with one attached hydrogen (secondary N) is 1. The van der Waals surface area contributed by atoms with Crippen molar-refractivity contribution in [2.45, 2.75) is 19.8 Å². The molecule has 0 fully saturated rings. The quantitative estimate of drug-likeness (QED) is 0.731. The maximum atomic E-state index is 11.7. The van der Waals surface area contributed by atoms with E-state index in [-0.39, 0.29) is 12.5 Å². The fourth-order valence-electron chi connectivity index (χ4n) is 1.25. The Morgan fingerprint density at radius 1 is 1.59 bits per heavy atom. The van der Waals surface area contributed by atoms with Gasteiger partial charge in [0, 0.05) is 18.1 Å². The molecule has 0 radical (unpaired) electrons. The maximum Gasteiger partial charge on any atom is 0.253 e. The molecule has 17 heavy (non-hydrogen) atoms. The number of rotatable bonds is 7. The van der Waals surface area contributed by atoms with Crippen molar-refractivity contribution in [3.8, 4) is 0 Å². The zero-order chi connectivity index (χ0) is 12.7. The third-order valence-corrected chi connectivity index (χ3v) is 3.52. The molecule has 1 atom stereocenters. The van der Waals surface area contributed by atoms with E-state index >= 15 is 0 Å². The van der Waals surface area contributed by atoms with Crippen LogP contribution in [0.15, 0.2) is 18.5 Å². The first-order chi connectivity index (χ1) is 8.19. The summed E-state index contributed by atoms with van der Waals surface area (Å²) < 4.78 is 13.3. The van der Waals surface area contributed by atoms with E-state index in [0.717, 1.165) is 12.8 Å². The molecule has 94 valence electrons. The lowest BCUT2D eigenvalue weighted by Gasteiger charge is -2.01. The molecule has 1 rings (SSSR count). The SMILES string of the molecule is CCCCS(=O)n1ccc(C(=O)NCC=O)c1. The first-order valence-electron chi connectivity index (χ1n) is 5.47. The summed E-state index contributed by atoms with van der Waals surface area (Å²) in [7, 11) is -1.12. The minimum atomic E-state index is -1.12. The summed E-state index contributed by atoms with van der Waals surface area (Å²) in [4.78, 5) is 21.6. The molecule has 0 saturated carbocycles. The van der Waals surface area contributed by atoms with E-state index < -0.39 is 11.0 Å². The molecule has 0 spiro atoms. The molecule has 1 aromatic heterocycles. The Bertz CT molecular complexity index is 415. The van der Waals surface area contributed by atoms with E-state index in [0.29, 0.717) is 17.6 Å². The summed E-state index contributed by atoms with van der Waals surface area (Å²) in [5, 5.41) is 2.42. The number of hydrogen-bond donors (Lipinski definition) is 1. The molecule has 1 aromatic rings. The van der Waals surface area contributed by atoms with Gasteiger partial charge in [0.2, 0.25) is 0 Å². The van der Waals surface area contributed by atoms with Crippen molar-refractivity contribution < 1.29 is 13.8 Å². The predicted molar refractivity (Wildman–Crippen MR) is 66.1 cm³/mol. The molecule has 1 unspecified atom stereocenters. The van der Waals surface area contributed by atoms with E-state index in [1.54, 1.807) is 12.3 Å². The van der Waals surface area contributed by atoms with Gasteiger partial charge >= 0.3 is 0 Å². The van der Waals surface area contributed by atoms with E-state index in [2.05, 4.69) is 5.32 Å². The Hall–Kier alpha value is -1.43. The van der Waals surface area contributed by atoms with Crippen LogP contribution in [0.2, 0.25) is 0 Å². The molecule has 0 aromatic carbocycles. The number of amides is 1. The highest BCUT2D eigenvalue weighted by atomic mass is 32.2. The highest BCUT2D eigenvalue weighted by Gasteiger charge is 2.09. The van der Waals surface area contributed by atoms with Gasteiger partial charge in [-0.2, -0.15) is 0 Å². The number of carbonyl (C=O) groups excluding carboxylic acids is 2. The van der Waals surface area contributed by atoms with Crippen molar-refractivity contribution in [2.75, 3.05) is 12.3 Å². The normalized spacial score (nSPS) is 12.1. The zero-order valence-electron chi connectivity index (χ0n) is 9.72. The van der Waals surface area contributed by atoms with Crippen LogP contribution in [0, 0.1) is 0 Å². The van der Waals surface area contributed by atoms with Gasteiger partial charge in [-0.1, -0.05) is 13.3 Å². The van der Waals surface area contributed by atoms with Crippen molar-refractivity contribution >= 4 is 23.2 Å². The largest absolute Gasteiger partial charge is 0.345 e. The molecule has 0 bridgehead atoms. The summed E-state index contributed by atoms with van der Waals surface area (Å²) in [5.41, 5.74) is 0.414. The zero-order valence-corrected chi connectivity index (χ0v) is 10.5. The average molecular weight is 256 g/mol. The standard InChI is InChI=1S/C11H16N2O3S/c1-2-3-8-17(16)13-6-4-10(9-13)11(15)12-5-7-14/h4,6-7,9H,2-3,5,8H2,1H3,(H,12,15). The van der Waals surface area contributed by atoms with E-state index in [9.17, 15) is 13.8 Å². The van der Waals surface area contributed by atoms with Gasteiger partial charge in [0.25, 0.3) is 5.91 Å². The van der Waals surface area contributed by atoms with Gasteiger partial charge in [0.1, 0.15) is 17.3 Å². The van der Waals surface area contributed by atoms with Gasteiger partial charge < -0.3 is 10.1 Å². The predicted octanol–water partition coefficient (Wildman–Crippen LogP) is 0.729. The van der Waals surface area contributed by atoms with Crippen LogP contribution in [-0.4, -0.2) is 32.7 Å². The van der Waals surface area contributed by atoms with Crippen LogP contribution >= 0.6 is 0 Å². The molecule has 1 amide bonds. The third kappa shape index (κ3) is 4.14. The monoisotopic (exact) mass is 256 g/mol. The molecule has 0 aliphatic heterocycles. The van der Waals surface area contributed by atoms with Crippen LogP contribution < -0.4 is 5.32 Å². The molecule has 0 saturated heterocycles. The second kappa shape index (κ2) is 7.01. The molecule has 1 N–H and O–H groups in total. The summed E-state index contributed by atoms with van der Waals surface area (Å²) in [6.07, 6.45) is 5.64. The highest BCUT2D eigenvalue weighted by Crippen LogP contribution is 2.04. The van der Waals surface area contributed by atoms with Crippen molar-refractivity contribution in [3.05, 3.63) is 24.0 Å². The number of aldehydes is 1. The van der Waals surface area contributed by atoms with Crippen molar-refractivity contribution in [2.24, 2.45) is 0 Å². The Labute approximate surface area is 103 Å². The van der Waals surface area contributed by atoms with Gasteiger partial charge in [0.15, 0.2) is 0 Å². The van der Waals surface area contributed by atoms with Crippen LogP contribution in [0.5, 0.6) is 0 Å². The molecular weight excluding hydrogens is 240 g/mol. The van der Waals surface area contributed by atoms with Gasteiger partial charge in [-0.05, 0) is 12.5 Å². The highest BCUT2D eigenvalue weighted by molar-refractivity contribution is 7.83. The molecule has 0 aliphatic rings. The first kappa shape index (κ1) is 13.6. The van der Waals surface area contributed by atoms with Crippen molar-refractivity contribution in [1.82, 2.24) is 9.29 Å². The number of nitrogens with zero attached hydrogens (tertiary/aromatic N) is 1. The Balaban J connectivity index is 2.61. The fraction of sp³-hybridized carbons (Fsp3) is 0.455. The van der Waals surface area contributed by atoms with Crippen LogP contribution in [0.25, 0.3) is 0 Å². The molecule has 5 nitrogen and oxygen atoms in total. The molecular formula is C11H16N2O3S. The number of aromatic nitrogens is 1. The number of hydrogen-bond acceptors (Lipinski definition) is 3. The summed E-state index contributed by atoms with van der Waals surface area (Å²) in [6, 6.07) is 1.59. The van der Waals surface area contributed by atoms with E-state index in [4.69, 9.17) is 0 Å². The fourth-order valence-corrected chi connectivity index (χ4v) is 2.42. The minimum Gasteiger partial charge on any atom is -0.345 e. The van der Waals surface area contributed by atoms with Gasteiger partial charge in [0.05, 0.1) is 12.1 Å². The Kier molecular flexibility index (Phi) is 5.62. The number of carbonyl (C=O) groups is 2. The lowest BCUT2D eigenvalue weighted by molar-refractivity contribution is -0.107. The second-order valence-electron chi connectivity index (χ2n) is 3.52. The summed E-state index contributed by atoms with van der Waals surface area (Å²) in [6.45, 7) is 2.02. The summed E-state index contributed by atoms with van der Waals surface area (Å²) in [5.74, 6) is 0.254. The van der Waals surface area contributed by atoms with Gasteiger partial charge in [-0.15, -0.1) is 0 Å². The Morgan fingerprint density at radius 2 is 2.35 bits per heavy atom. The van der Waals surface area contributed by atoms with Crippen LogP contribution in [0.3, 0.4) is 0 Å². The van der Waals surface area contributed by atoms with E-state index in [1.165, 1.54) is 10.2 Å². The van der Waals surface area contributed by atoms with Gasteiger partial charge in [-0.3, -0.25) is 8.77 Å². The van der Waals surface area contributed by atoms with Crippen molar-refractivity contribution in [1.29, 1.82) is 0 Å². The first-order valence-corrected chi connectivity index (χ1v) is 6.75.